The molecule has 0 aliphatic heterocycles. The van der Waals surface area contributed by atoms with Crippen LogP contribution in [0.15, 0.2) is 57.8 Å². The molecule has 0 radical (unpaired) electrons. The first-order chi connectivity index (χ1) is 19.0. The molecular weight excluding hydrogens is 512 g/mol. The van der Waals surface area contributed by atoms with Gasteiger partial charge in [0.2, 0.25) is 5.91 Å². The second-order valence-corrected chi connectivity index (χ2v) is 9.27. The molecule has 3 amide bonds. The largest absolute Gasteiger partial charge is 0.383 e. The lowest BCUT2D eigenvalue weighted by Crippen LogP contribution is -2.22. The van der Waals surface area contributed by atoms with Crippen LogP contribution in [0, 0.1) is 20.8 Å². The van der Waals surface area contributed by atoms with Crippen LogP contribution in [0.25, 0.3) is 11.1 Å². The molecular formula is C29H30N6O5. The van der Waals surface area contributed by atoms with Crippen molar-refractivity contribution < 1.29 is 18.9 Å². The summed E-state index contributed by atoms with van der Waals surface area (Å²) in [5.41, 5.74) is 9.10. The molecule has 40 heavy (non-hydrogen) atoms. The molecule has 2 heterocycles. The van der Waals surface area contributed by atoms with Crippen LogP contribution in [0.4, 0.5) is 17.1 Å². The number of hydrogen-bond acceptors (Lipinski definition) is 7. The van der Waals surface area contributed by atoms with Gasteiger partial charge in [0.05, 0.1) is 16.8 Å². The fourth-order valence-electron chi connectivity index (χ4n) is 4.37. The highest BCUT2D eigenvalue weighted by atomic mass is 16.5. The summed E-state index contributed by atoms with van der Waals surface area (Å²) in [4.78, 5) is 55.2. The van der Waals surface area contributed by atoms with Crippen LogP contribution in [0.1, 0.15) is 55.1 Å². The van der Waals surface area contributed by atoms with Gasteiger partial charge in [0.25, 0.3) is 17.4 Å². The molecule has 5 N–H and O–H groups in total. The number of anilines is 3. The van der Waals surface area contributed by atoms with Crippen LogP contribution >= 0.6 is 0 Å². The summed E-state index contributed by atoms with van der Waals surface area (Å²) in [5.74, 6) is -1.13. The second kappa shape index (κ2) is 11.3. The molecule has 0 bridgehead atoms. The highest BCUT2D eigenvalue weighted by Gasteiger charge is 2.23. The first-order valence-corrected chi connectivity index (χ1v) is 12.6. The van der Waals surface area contributed by atoms with Crippen molar-refractivity contribution in [2.24, 2.45) is 12.8 Å². The predicted octanol–water partition coefficient (Wildman–Crippen LogP) is 4.00. The first kappa shape index (κ1) is 27.8. The van der Waals surface area contributed by atoms with E-state index in [-0.39, 0.29) is 28.1 Å². The molecule has 4 aromatic rings. The zero-order chi connectivity index (χ0) is 29.1. The summed E-state index contributed by atoms with van der Waals surface area (Å²) in [6, 6.07) is 13.2. The number of benzene rings is 2. The molecule has 0 saturated carbocycles. The van der Waals surface area contributed by atoms with E-state index in [9.17, 15) is 19.2 Å². The van der Waals surface area contributed by atoms with Gasteiger partial charge in [0.1, 0.15) is 5.76 Å². The van der Waals surface area contributed by atoms with Gasteiger partial charge in [-0.25, -0.2) is 4.98 Å². The van der Waals surface area contributed by atoms with E-state index in [1.807, 2.05) is 6.92 Å². The number of nitrogens with one attached hydrogen (secondary N) is 3. The minimum atomic E-state index is -0.607. The maximum absolute atomic E-state index is 13.4. The van der Waals surface area contributed by atoms with E-state index in [4.69, 9.17) is 10.3 Å². The van der Waals surface area contributed by atoms with Crippen molar-refractivity contribution in [3.05, 3.63) is 92.7 Å². The van der Waals surface area contributed by atoms with E-state index >= 15 is 0 Å². The van der Waals surface area contributed by atoms with E-state index in [0.29, 0.717) is 46.1 Å². The molecule has 4 rings (SSSR count). The van der Waals surface area contributed by atoms with Crippen LogP contribution < -0.4 is 27.2 Å². The Kier molecular flexibility index (Phi) is 7.85. The Balaban J connectivity index is 1.62. The normalized spacial score (nSPS) is 10.7. The van der Waals surface area contributed by atoms with Gasteiger partial charge in [-0.1, -0.05) is 18.2 Å². The van der Waals surface area contributed by atoms with E-state index in [2.05, 4.69) is 20.9 Å². The molecule has 11 nitrogen and oxygen atoms in total. The van der Waals surface area contributed by atoms with Gasteiger partial charge in [0.15, 0.2) is 5.69 Å². The van der Waals surface area contributed by atoms with Crippen molar-refractivity contribution in [3.8, 4) is 11.1 Å². The minimum Gasteiger partial charge on any atom is -0.383 e. The number of nitrogens with two attached hydrogens (primary N) is 1. The number of aryl methyl sites for hydroxylation is 4. The van der Waals surface area contributed by atoms with Crippen LogP contribution in [0.3, 0.4) is 0 Å². The Bertz CT molecular complexity index is 1680. The van der Waals surface area contributed by atoms with Crippen LogP contribution in [0.5, 0.6) is 0 Å². The molecule has 0 atom stereocenters. The number of carbonyl (C=O) groups excluding carboxylic acids is 3. The lowest BCUT2D eigenvalue weighted by molar-refractivity contribution is 0.0993. The van der Waals surface area contributed by atoms with E-state index in [0.717, 1.165) is 4.74 Å². The molecule has 206 valence electrons. The Hall–Kier alpha value is -5.19. The van der Waals surface area contributed by atoms with E-state index < -0.39 is 17.7 Å². The van der Waals surface area contributed by atoms with Crippen molar-refractivity contribution in [2.75, 3.05) is 22.5 Å². The van der Waals surface area contributed by atoms with E-state index in [1.54, 1.807) is 70.3 Å². The Morgan fingerprint density at radius 3 is 2.17 bits per heavy atom. The van der Waals surface area contributed by atoms with Gasteiger partial charge in [-0.15, -0.1) is 0 Å². The summed E-state index contributed by atoms with van der Waals surface area (Å²) in [5, 5.41) is 8.67. The molecule has 0 saturated heterocycles. The molecule has 2 aromatic carbocycles. The smallest absolute Gasteiger partial charge is 0.290 e. The number of hydrogen-bond donors (Lipinski definition) is 4. The van der Waals surface area contributed by atoms with Crippen molar-refractivity contribution in [2.45, 2.75) is 27.7 Å². The monoisotopic (exact) mass is 542 g/mol. The number of aromatic nitrogens is 2. The number of pyridine rings is 1. The fourth-order valence-corrected chi connectivity index (χ4v) is 4.37. The van der Waals surface area contributed by atoms with Gasteiger partial charge in [-0.05, 0) is 69.2 Å². The molecule has 0 spiro atoms. The summed E-state index contributed by atoms with van der Waals surface area (Å²) >= 11 is 0. The molecule has 0 aliphatic carbocycles. The topological polar surface area (TPSA) is 161 Å². The third-order valence-electron chi connectivity index (χ3n) is 6.28. The summed E-state index contributed by atoms with van der Waals surface area (Å²) in [6.07, 6.45) is 0. The summed E-state index contributed by atoms with van der Waals surface area (Å²) in [7, 11) is 1.54. The van der Waals surface area contributed by atoms with E-state index in [1.165, 1.54) is 6.07 Å². The molecule has 2 aromatic heterocycles. The maximum Gasteiger partial charge on any atom is 0.290 e. The zero-order valence-electron chi connectivity index (χ0n) is 22.8. The van der Waals surface area contributed by atoms with Gasteiger partial charge in [-0.2, -0.15) is 4.74 Å². The van der Waals surface area contributed by atoms with Crippen molar-refractivity contribution in [3.63, 3.8) is 0 Å². The maximum atomic E-state index is 13.4. The predicted molar refractivity (Wildman–Crippen MR) is 153 cm³/mol. The van der Waals surface area contributed by atoms with Crippen molar-refractivity contribution in [1.29, 1.82) is 0 Å². The number of carbonyl (C=O) groups is 3. The average molecular weight is 543 g/mol. The summed E-state index contributed by atoms with van der Waals surface area (Å²) < 4.78 is 6.52. The molecule has 0 fully saturated rings. The Morgan fingerprint density at radius 2 is 1.57 bits per heavy atom. The molecule has 0 aliphatic rings. The number of primary amides is 1. The lowest BCUT2D eigenvalue weighted by Gasteiger charge is -2.16. The molecule has 0 unspecified atom stereocenters. The highest BCUT2D eigenvalue weighted by Crippen LogP contribution is 2.26. The SMILES string of the molecule is CCNc1c(C(=O)Nc2ccc(-c3c(C)on(C)c3=O)cc2)cc(C)nc1C(=O)Nc1ccc(C)c(C(N)=O)c1. The number of nitrogens with zero attached hydrogens (tertiary/aromatic N) is 2. The third kappa shape index (κ3) is 5.63. The van der Waals surface area contributed by atoms with Gasteiger partial charge >= 0.3 is 0 Å². The number of rotatable bonds is 8. The second-order valence-electron chi connectivity index (χ2n) is 9.27. The quantitative estimate of drug-likeness (QED) is 0.262. The standard InChI is InChI=1S/C29H30N6O5/c1-6-31-24-22(27(37)33-19-11-8-18(9-12-19)23-17(4)40-35(5)29(23)39)13-16(3)32-25(24)28(38)34-20-10-7-15(2)21(14-20)26(30)36/h7-14,31H,6H2,1-5H3,(H2,30,36)(H,33,37)(H,34,38). The van der Waals surface area contributed by atoms with Gasteiger partial charge in [0, 0.05) is 36.2 Å². The van der Waals surface area contributed by atoms with Crippen LogP contribution in [-0.2, 0) is 7.05 Å². The van der Waals surface area contributed by atoms with Crippen molar-refractivity contribution >= 4 is 34.8 Å². The minimum absolute atomic E-state index is 0.0230. The van der Waals surface area contributed by atoms with Gasteiger partial charge in [-0.3, -0.25) is 19.2 Å². The highest BCUT2D eigenvalue weighted by molar-refractivity contribution is 6.14. The molecule has 11 heteroatoms. The Labute approximate surface area is 230 Å². The summed E-state index contributed by atoms with van der Waals surface area (Å²) in [6.45, 7) is 7.40. The zero-order valence-corrected chi connectivity index (χ0v) is 22.8. The van der Waals surface area contributed by atoms with Gasteiger partial charge < -0.3 is 26.2 Å². The van der Waals surface area contributed by atoms with Crippen LogP contribution in [0.2, 0.25) is 0 Å². The lowest BCUT2D eigenvalue weighted by atomic mass is 10.1. The van der Waals surface area contributed by atoms with Crippen molar-refractivity contribution in [1.82, 2.24) is 9.72 Å². The number of amides is 3. The third-order valence-corrected chi connectivity index (χ3v) is 6.28. The Morgan fingerprint density at radius 1 is 0.925 bits per heavy atom. The first-order valence-electron chi connectivity index (χ1n) is 12.6. The average Bonchev–Trinajstić information content (AvgIpc) is 3.16. The fraction of sp³-hybridized carbons (Fsp3) is 0.207. The van der Waals surface area contributed by atoms with Crippen LogP contribution in [-0.4, -0.2) is 34.0 Å².